The Morgan fingerprint density at radius 1 is 1.07 bits per heavy atom. The number of piperazine rings is 1. The Balaban J connectivity index is 1.21. The number of hydrogen-bond acceptors (Lipinski definition) is 6. The van der Waals surface area contributed by atoms with E-state index in [1.807, 2.05) is 40.6 Å². The fraction of sp³-hybridized carbons (Fsp3) is 0.350. The second-order valence-electron chi connectivity index (χ2n) is 6.55. The van der Waals surface area contributed by atoms with Gasteiger partial charge in [-0.05, 0) is 30.0 Å². The molecule has 0 radical (unpaired) electrons. The lowest BCUT2D eigenvalue weighted by molar-refractivity contribution is -0.131. The normalized spacial score (nSPS) is 14.5. The maximum Gasteiger partial charge on any atom is 0.226 e. The summed E-state index contributed by atoms with van der Waals surface area (Å²) in [5.41, 5.74) is 1.22. The molecule has 0 bridgehead atoms. The number of hydrogen-bond donors (Lipinski definition) is 0. The van der Waals surface area contributed by atoms with Crippen LogP contribution in [0.15, 0.2) is 52.4 Å². The van der Waals surface area contributed by atoms with Crippen LogP contribution in [0.4, 0.5) is 5.69 Å². The number of nitrogens with zero attached hydrogens (tertiary/aromatic N) is 4. The third-order valence-corrected chi connectivity index (χ3v) is 5.61. The predicted molar refractivity (Wildman–Crippen MR) is 106 cm³/mol. The molecule has 1 amide bonds. The summed E-state index contributed by atoms with van der Waals surface area (Å²) in [6.07, 6.45) is 1.87. The van der Waals surface area contributed by atoms with Gasteiger partial charge in [-0.1, -0.05) is 29.4 Å². The number of carbonyl (C=O) groups excluding carboxylic acids is 1. The van der Waals surface area contributed by atoms with Gasteiger partial charge in [-0.25, -0.2) is 0 Å². The lowest BCUT2D eigenvalue weighted by atomic mass is 10.2. The Labute approximate surface area is 162 Å². The van der Waals surface area contributed by atoms with Crippen LogP contribution in [-0.2, 0) is 11.2 Å². The molecule has 0 unspecified atom stereocenters. The Hall–Kier alpha value is -2.67. The Morgan fingerprint density at radius 3 is 2.63 bits per heavy atom. The van der Waals surface area contributed by atoms with Gasteiger partial charge in [0, 0.05) is 44.7 Å². The van der Waals surface area contributed by atoms with Crippen LogP contribution >= 0.6 is 11.3 Å². The Kier molecular flexibility index (Phi) is 5.48. The lowest BCUT2D eigenvalue weighted by Gasteiger charge is -2.36. The van der Waals surface area contributed by atoms with Crippen LogP contribution in [0.3, 0.4) is 0 Å². The van der Waals surface area contributed by atoms with Crippen LogP contribution in [0, 0.1) is 0 Å². The van der Waals surface area contributed by atoms with Gasteiger partial charge in [0.05, 0.1) is 4.88 Å². The van der Waals surface area contributed by atoms with Crippen molar-refractivity contribution in [2.24, 2.45) is 0 Å². The van der Waals surface area contributed by atoms with E-state index in [0.717, 1.165) is 37.5 Å². The number of aryl methyl sites for hydroxylation is 1. The van der Waals surface area contributed by atoms with Gasteiger partial charge in [-0.15, -0.1) is 11.3 Å². The average Bonchev–Trinajstić information content (AvgIpc) is 3.40. The molecule has 1 aliphatic rings. The minimum atomic E-state index is 0.209. The molecule has 0 spiro atoms. The van der Waals surface area contributed by atoms with E-state index in [9.17, 15) is 4.79 Å². The van der Waals surface area contributed by atoms with E-state index in [1.54, 1.807) is 11.3 Å². The van der Waals surface area contributed by atoms with Crippen molar-refractivity contribution < 1.29 is 9.32 Å². The van der Waals surface area contributed by atoms with Gasteiger partial charge in [0.1, 0.15) is 0 Å². The van der Waals surface area contributed by atoms with Crippen molar-refractivity contribution in [3.05, 3.63) is 53.7 Å². The fourth-order valence-electron chi connectivity index (χ4n) is 3.26. The van der Waals surface area contributed by atoms with Crippen molar-refractivity contribution in [2.75, 3.05) is 31.1 Å². The molecular formula is C20H22N4O2S. The van der Waals surface area contributed by atoms with Crippen LogP contribution in [0.5, 0.6) is 0 Å². The molecule has 27 heavy (non-hydrogen) atoms. The standard InChI is InChI=1S/C20H22N4O2S/c25-19(24-13-11-23(12-14-24)16-6-2-1-3-7-16)10-4-9-18-21-20(22-26-18)17-8-5-15-27-17/h1-3,5-8,15H,4,9-14H2. The van der Waals surface area contributed by atoms with Crippen molar-refractivity contribution in [3.8, 4) is 10.7 Å². The van der Waals surface area contributed by atoms with Crippen LogP contribution in [0.2, 0.25) is 0 Å². The molecule has 0 saturated carbocycles. The molecule has 0 aliphatic carbocycles. The van der Waals surface area contributed by atoms with E-state index in [1.165, 1.54) is 5.69 Å². The van der Waals surface area contributed by atoms with Crippen molar-refractivity contribution in [1.82, 2.24) is 15.0 Å². The summed E-state index contributed by atoms with van der Waals surface area (Å²) in [6.45, 7) is 3.31. The molecule has 7 heteroatoms. The van der Waals surface area contributed by atoms with E-state index >= 15 is 0 Å². The molecule has 0 N–H and O–H groups in total. The Bertz CT molecular complexity index is 855. The first kappa shape index (κ1) is 17.7. The predicted octanol–water partition coefficient (Wildman–Crippen LogP) is 3.47. The zero-order valence-corrected chi connectivity index (χ0v) is 15.9. The Morgan fingerprint density at radius 2 is 1.89 bits per heavy atom. The van der Waals surface area contributed by atoms with Crippen molar-refractivity contribution in [1.29, 1.82) is 0 Å². The van der Waals surface area contributed by atoms with E-state index in [-0.39, 0.29) is 5.91 Å². The smallest absolute Gasteiger partial charge is 0.226 e. The van der Waals surface area contributed by atoms with Gasteiger partial charge in [0.25, 0.3) is 0 Å². The molecule has 6 nitrogen and oxygen atoms in total. The number of thiophene rings is 1. The number of amides is 1. The first-order chi connectivity index (χ1) is 13.3. The molecule has 2 aromatic heterocycles. The minimum absolute atomic E-state index is 0.209. The first-order valence-electron chi connectivity index (χ1n) is 9.24. The topological polar surface area (TPSA) is 62.5 Å². The summed E-state index contributed by atoms with van der Waals surface area (Å²) in [6, 6.07) is 14.3. The third kappa shape index (κ3) is 4.36. The van der Waals surface area contributed by atoms with Crippen molar-refractivity contribution >= 4 is 22.9 Å². The number of anilines is 1. The van der Waals surface area contributed by atoms with E-state index < -0.39 is 0 Å². The van der Waals surface area contributed by atoms with Gasteiger partial charge in [0.15, 0.2) is 0 Å². The summed E-state index contributed by atoms with van der Waals surface area (Å²) >= 11 is 1.59. The first-order valence-corrected chi connectivity index (χ1v) is 10.1. The highest BCUT2D eigenvalue weighted by Crippen LogP contribution is 2.22. The highest BCUT2D eigenvalue weighted by Gasteiger charge is 2.21. The summed E-state index contributed by atoms with van der Waals surface area (Å²) in [7, 11) is 0. The summed E-state index contributed by atoms with van der Waals surface area (Å²) in [5, 5.41) is 5.99. The fourth-order valence-corrected chi connectivity index (χ4v) is 3.91. The molecule has 1 fully saturated rings. The molecule has 4 rings (SSSR count). The largest absolute Gasteiger partial charge is 0.368 e. The second-order valence-corrected chi connectivity index (χ2v) is 7.49. The third-order valence-electron chi connectivity index (χ3n) is 4.74. The minimum Gasteiger partial charge on any atom is -0.368 e. The zero-order chi connectivity index (χ0) is 18.5. The van der Waals surface area contributed by atoms with Gasteiger partial charge in [0.2, 0.25) is 17.6 Å². The molecule has 3 heterocycles. The van der Waals surface area contributed by atoms with E-state index in [4.69, 9.17) is 4.52 Å². The number of para-hydroxylation sites is 1. The monoisotopic (exact) mass is 382 g/mol. The van der Waals surface area contributed by atoms with Crippen LogP contribution in [0.25, 0.3) is 10.7 Å². The zero-order valence-electron chi connectivity index (χ0n) is 15.1. The van der Waals surface area contributed by atoms with E-state index in [0.29, 0.717) is 24.6 Å². The highest BCUT2D eigenvalue weighted by molar-refractivity contribution is 7.13. The van der Waals surface area contributed by atoms with Gasteiger partial charge in [-0.2, -0.15) is 4.98 Å². The molecule has 1 saturated heterocycles. The maximum absolute atomic E-state index is 12.5. The molecule has 140 valence electrons. The van der Waals surface area contributed by atoms with Crippen LogP contribution in [0.1, 0.15) is 18.7 Å². The number of rotatable bonds is 6. The van der Waals surface area contributed by atoms with E-state index in [2.05, 4.69) is 27.2 Å². The van der Waals surface area contributed by atoms with Gasteiger partial charge < -0.3 is 14.3 Å². The molecule has 1 aliphatic heterocycles. The summed E-state index contributed by atoms with van der Waals surface area (Å²) < 4.78 is 5.29. The molecule has 0 atom stereocenters. The number of benzene rings is 1. The highest BCUT2D eigenvalue weighted by atomic mass is 32.1. The quantitative estimate of drug-likeness (QED) is 0.653. The summed E-state index contributed by atoms with van der Waals surface area (Å²) in [5.74, 6) is 1.43. The SMILES string of the molecule is O=C(CCCc1nc(-c2cccs2)no1)N1CCN(c2ccccc2)CC1. The molecule has 3 aromatic rings. The van der Waals surface area contributed by atoms with Gasteiger partial charge >= 0.3 is 0 Å². The molecular weight excluding hydrogens is 360 g/mol. The van der Waals surface area contributed by atoms with Crippen LogP contribution < -0.4 is 4.90 Å². The van der Waals surface area contributed by atoms with Crippen molar-refractivity contribution in [3.63, 3.8) is 0 Å². The number of aromatic nitrogens is 2. The lowest BCUT2D eigenvalue weighted by Crippen LogP contribution is -2.48. The molecule has 1 aromatic carbocycles. The number of carbonyl (C=O) groups is 1. The average molecular weight is 382 g/mol. The maximum atomic E-state index is 12.5. The summed E-state index contributed by atoms with van der Waals surface area (Å²) in [4.78, 5) is 22.2. The van der Waals surface area contributed by atoms with Gasteiger partial charge in [-0.3, -0.25) is 4.79 Å². The van der Waals surface area contributed by atoms with Crippen molar-refractivity contribution in [2.45, 2.75) is 19.3 Å². The second kappa shape index (κ2) is 8.35. The van der Waals surface area contributed by atoms with Crippen LogP contribution in [-0.4, -0.2) is 47.1 Å².